The summed E-state index contributed by atoms with van der Waals surface area (Å²) in [7, 11) is 2.09. The highest BCUT2D eigenvalue weighted by molar-refractivity contribution is 5.76. The van der Waals surface area contributed by atoms with Gasteiger partial charge in [-0.05, 0) is 19.1 Å². The van der Waals surface area contributed by atoms with Crippen molar-refractivity contribution in [1.29, 1.82) is 0 Å². The maximum absolute atomic E-state index is 12.3. The van der Waals surface area contributed by atoms with E-state index in [0.29, 0.717) is 11.5 Å². The lowest BCUT2D eigenvalue weighted by atomic mass is 10.2. The zero-order valence-corrected chi connectivity index (χ0v) is 14.6. The number of quaternary nitrogens is 1. The first-order chi connectivity index (χ1) is 12.1. The molecule has 0 fully saturated rings. The van der Waals surface area contributed by atoms with Crippen LogP contribution in [0, 0.1) is 0 Å². The number of nitrogens with one attached hydrogen (secondary N) is 1. The molecule has 1 aliphatic heterocycles. The van der Waals surface area contributed by atoms with Crippen LogP contribution in [0.1, 0.15) is 12.5 Å². The molecule has 0 spiro atoms. The third-order valence-corrected chi connectivity index (χ3v) is 4.07. The normalized spacial score (nSPS) is 18.2. The highest BCUT2D eigenvalue weighted by Gasteiger charge is 2.30. The zero-order chi connectivity index (χ0) is 17.6. The van der Waals surface area contributed by atoms with Gasteiger partial charge in [0, 0.05) is 5.56 Å². The molecular weight excluding hydrogens is 318 g/mol. The Balaban J connectivity index is 1.48. The van der Waals surface area contributed by atoms with Crippen molar-refractivity contribution in [3.05, 3.63) is 60.2 Å². The summed E-state index contributed by atoms with van der Waals surface area (Å²) >= 11 is 0. The van der Waals surface area contributed by atoms with Crippen molar-refractivity contribution in [3.8, 4) is 11.5 Å². The number of likely N-dealkylation sites (N-methyl/N-ethyl adjacent to an activating group) is 1. The Morgan fingerprint density at radius 2 is 1.84 bits per heavy atom. The zero-order valence-electron chi connectivity index (χ0n) is 14.6. The van der Waals surface area contributed by atoms with Crippen molar-refractivity contribution in [3.63, 3.8) is 0 Å². The molecule has 132 valence electrons. The molecule has 0 aliphatic carbocycles. The van der Waals surface area contributed by atoms with E-state index in [2.05, 4.69) is 19.2 Å². The van der Waals surface area contributed by atoms with Gasteiger partial charge >= 0.3 is 5.97 Å². The molecule has 3 atom stereocenters. The van der Waals surface area contributed by atoms with E-state index in [4.69, 9.17) is 14.2 Å². The third kappa shape index (κ3) is 4.73. The Morgan fingerprint density at radius 3 is 2.60 bits per heavy atom. The molecule has 1 unspecified atom stereocenters. The van der Waals surface area contributed by atoms with Gasteiger partial charge in [-0.3, -0.25) is 0 Å². The molecule has 25 heavy (non-hydrogen) atoms. The summed E-state index contributed by atoms with van der Waals surface area (Å²) in [4.78, 5) is 13.6. The van der Waals surface area contributed by atoms with E-state index in [1.54, 1.807) is 6.07 Å². The van der Waals surface area contributed by atoms with Crippen molar-refractivity contribution in [2.24, 2.45) is 0 Å². The standard InChI is InChI=1S/C20H23NO4/c1-15(12-21(2)13-16-8-4-3-5-9-16)24-20(22)19-14-23-17-10-6-7-11-18(17)25-19/h3-11,15,19H,12-14H2,1-2H3/p+1/t15-,19+/m0/s1. The Morgan fingerprint density at radius 1 is 1.16 bits per heavy atom. The maximum atomic E-state index is 12.3. The Hall–Kier alpha value is -2.53. The number of hydrogen-bond donors (Lipinski definition) is 1. The van der Waals surface area contributed by atoms with Gasteiger partial charge in [0.1, 0.15) is 25.8 Å². The minimum Gasteiger partial charge on any atom is -0.485 e. The van der Waals surface area contributed by atoms with Crippen LogP contribution in [0.2, 0.25) is 0 Å². The van der Waals surface area contributed by atoms with E-state index in [1.807, 2.05) is 43.3 Å². The monoisotopic (exact) mass is 342 g/mol. The number of carbonyl (C=O) groups excluding carboxylic acids is 1. The fourth-order valence-electron chi connectivity index (χ4n) is 2.96. The molecule has 0 saturated carbocycles. The number of fused-ring (bicyclic) bond motifs is 1. The average molecular weight is 342 g/mol. The second kappa shape index (κ2) is 8.03. The summed E-state index contributed by atoms with van der Waals surface area (Å²) in [5.74, 6) is 0.858. The van der Waals surface area contributed by atoms with Crippen LogP contribution in [0.3, 0.4) is 0 Å². The van der Waals surface area contributed by atoms with E-state index >= 15 is 0 Å². The number of esters is 1. The van der Waals surface area contributed by atoms with Gasteiger partial charge in [-0.25, -0.2) is 4.79 Å². The molecular formula is C20H24NO4+. The lowest BCUT2D eigenvalue weighted by Crippen LogP contribution is -3.08. The first-order valence-corrected chi connectivity index (χ1v) is 8.56. The van der Waals surface area contributed by atoms with Crippen molar-refractivity contribution < 1.29 is 23.9 Å². The molecule has 1 aliphatic rings. The smallest absolute Gasteiger partial charge is 0.351 e. The second-order valence-electron chi connectivity index (χ2n) is 6.44. The van der Waals surface area contributed by atoms with Crippen molar-refractivity contribution in [2.75, 3.05) is 20.2 Å². The lowest BCUT2D eigenvalue weighted by molar-refractivity contribution is -0.896. The summed E-state index contributed by atoms with van der Waals surface area (Å²) in [6.45, 7) is 3.70. The molecule has 2 aromatic rings. The predicted molar refractivity (Wildman–Crippen MR) is 93.8 cm³/mol. The maximum Gasteiger partial charge on any atom is 0.351 e. The van der Waals surface area contributed by atoms with Gasteiger partial charge in [0.05, 0.1) is 7.05 Å². The molecule has 1 N–H and O–H groups in total. The highest BCUT2D eigenvalue weighted by Crippen LogP contribution is 2.31. The van der Waals surface area contributed by atoms with Crippen LogP contribution in [0.15, 0.2) is 54.6 Å². The average Bonchev–Trinajstić information content (AvgIpc) is 2.61. The Bertz CT molecular complexity index is 704. The van der Waals surface area contributed by atoms with Gasteiger partial charge in [-0.15, -0.1) is 0 Å². The molecule has 5 heteroatoms. The molecule has 0 bridgehead atoms. The summed E-state index contributed by atoms with van der Waals surface area (Å²) in [5, 5.41) is 0. The fourth-order valence-corrected chi connectivity index (χ4v) is 2.96. The third-order valence-electron chi connectivity index (χ3n) is 4.07. The number of para-hydroxylation sites is 2. The molecule has 0 saturated heterocycles. The molecule has 0 radical (unpaired) electrons. The second-order valence-corrected chi connectivity index (χ2v) is 6.44. The largest absolute Gasteiger partial charge is 0.485 e. The molecule has 2 aromatic carbocycles. The van der Waals surface area contributed by atoms with Crippen molar-refractivity contribution in [1.82, 2.24) is 0 Å². The van der Waals surface area contributed by atoms with Crippen LogP contribution in [0.5, 0.6) is 11.5 Å². The molecule has 0 aromatic heterocycles. The number of ether oxygens (including phenoxy) is 3. The van der Waals surface area contributed by atoms with E-state index in [1.165, 1.54) is 10.5 Å². The van der Waals surface area contributed by atoms with E-state index in [-0.39, 0.29) is 18.7 Å². The van der Waals surface area contributed by atoms with Gasteiger partial charge < -0.3 is 19.1 Å². The first-order valence-electron chi connectivity index (χ1n) is 8.56. The van der Waals surface area contributed by atoms with Crippen molar-refractivity contribution >= 4 is 5.97 Å². The summed E-state index contributed by atoms with van der Waals surface area (Å²) < 4.78 is 16.8. The summed E-state index contributed by atoms with van der Waals surface area (Å²) in [6.07, 6.45) is -0.913. The van der Waals surface area contributed by atoms with Crippen molar-refractivity contribution in [2.45, 2.75) is 25.7 Å². The Kier molecular flexibility index (Phi) is 5.56. The highest BCUT2D eigenvalue weighted by atomic mass is 16.6. The number of hydrogen-bond acceptors (Lipinski definition) is 4. The Labute approximate surface area is 148 Å². The van der Waals surface area contributed by atoms with E-state index < -0.39 is 6.10 Å². The van der Waals surface area contributed by atoms with Crippen LogP contribution in [-0.2, 0) is 16.1 Å². The van der Waals surface area contributed by atoms with Crippen LogP contribution in [0.4, 0.5) is 0 Å². The predicted octanol–water partition coefficient (Wildman–Crippen LogP) is 1.47. The minimum absolute atomic E-state index is 0.176. The van der Waals surface area contributed by atoms with Gasteiger partial charge in [-0.1, -0.05) is 42.5 Å². The summed E-state index contributed by atoms with van der Waals surface area (Å²) in [6, 6.07) is 17.6. The van der Waals surface area contributed by atoms with Crippen LogP contribution < -0.4 is 14.4 Å². The fraction of sp³-hybridized carbons (Fsp3) is 0.350. The number of rotatable bonds is 6. The SMILES string of the molecule is C[C@@H](C[NH+](C)Cc1ccccc1)OC(=O)[C@H]1COc2ccccc2O1. The topological polar surface area (TPSA) is 49.2 Å². The molecule has 1 heterocycles. The van der Waals surface area contributed by atoms with Crippen LogP contribution in [-0.4, -0.2) is 38.4 Å². The molecule has 3 rings (SSSR count). The van der Waals surface area contributed by atoms with Gasteiger partial charge in [0.25, 0.3) is 0 Å². The minimum atomic E-state index is -0.716. The quantitative estimate of drug-likeness (QED) is 0.808. The van der Waals surface area contributed by atoms with E-state index in [9.17, 15) is 4.79 Å². The van der Waals surface area contributed by atoms with Gasteiger partial charge in [-0.2, -0.15) is 0 Å². The van der Waals surface area contributed by atoms with E-state index in [0.717, 1.165) is 13.1 Å². The molecule has 5 nitrogen and oxygen atoms in total. The summed E-state index contributed by atoms with van der Waals surface area (Å²) in [5.41, 5.74) is 1.26. The van der Waals surface area contributed by atoms with Gasteiger partial charge in [0.15, 0.2) is 11.5 Å². The molecule has 0 amide bonds. The van der Waals surface area contributed by atoms with Crippen LogP contribution >= 0.6 is 0 Å². The van der Waals surface area contributed by atoms with Crippen LogP contribution in [0.25, 0.3) is 0 Å². The number of benzene rings is 2. The van der Waals surface area contributed by atoms with Gasteiger partial charge in [0.2, 0.25) is 6.10 Å². The number of carbonyl (C=O) groups is 1. The lowest BCUT2D eigenvalue weighted by Gasteiger charge is -2.26. The first kappa shape index (κ1) is 17.3.